The Morgan fingerprint density at radius 1 is 1.24 bits per heavy atom. The van der Waals surface area contributed by atoms with Crippen LogP contribution in [0.2, 0.25) is 0 Å². The van der Waals surface area contributed by atoms with Crippen molar-refractivity contribution in [3.8, 4) is 11.5 Å². The smallest absolute Gasteiger partial charge is 0.282 e. The van der Waals surface area contributed by atoms with Gasteiger partial charge in [0.1, 0.15) is 0 Å². The lowest BCUT2D eigenvalue weighted by Gasteiger charge is -2.09. The zero-order valence-corrected chi connectivity index (χ0v) is 15.3. The summed E-state index contributed by atoms with van der Waals surface area (Å²) in [6.45, 7) is 4.37. The van der Waals surface area contributed by atoms with Crippen molar-refractivity contribution in [3.63, 3.8) is 0 Å². The molecule has 25 heavy (non-hydrogen) atoms. The molecule has 1 aromatic carbocycles. The number of benzene rings is 1. The van der Waals surface area contributed by atoms with Gasteiger partial charge in [-0.2, -0.15) is 4.52 Å². The second kappa shape index (κ2) is 7.06. The van der Waals surface area contributed by atoms with Crippen LogP contribution in [0.5, 0.6) is 11.5 Å². The number of nitrogens with one attached hydrogen (secondary N) is 1. The van der Waals surface area contributed by atoms with Crippen molar-refractivity contribution in [1.82, 2.24) is 25.1 Å². The Kier molecular flexibility index (Phi) is 4.84. The van der Waals surface area contributed by atoms with Crippen molar-refractivity contribution in [2.75, 3.05) is 14.2 Å². The number of ether oxygens (including phenoxy) is 2. The van der Waals surface area contributed by atoms with Crippen LogP contribution < -0.4 is 14.8 Å². The Balaban J connectivity index is 1.72. The van der Waals surface area contributed by atoms with Crippen LogP contribution in [-0.4, -0.2) is 39.9 Å². The summed E-state index contributed by atoms with van der Waals surface area (Å²) in [4.78, 5) is 13.0. The number of nitrogens with zero attached hydrogens (tertiary/aromatic N) is 4. The number of carbonyl (C=O) groups excluding carboxylic acids is 1. The Morgan fingerprint density at radius 2 is 2.00 bits per heavy atom. The standard InChI is InChI=1S/C16H19N5O3S/c1-9(2)13-18-19-16-21(13)20-15(25-16)14(22)17-8-10-5-6-11(23-3)12(7-10)24-4/h5-7,9H,8H2,1-4H3,(H,17,22). The Bertz CT molecular complexity index is 902. The van der Waals surface area contributed by atoms with Gasteiger partial charge in [-0.1, -0.05) is 31.3 Å². The molecule has 0 atom stereocenters. The molecular weight excluding hydrogens is 342 g/mol. The van der Waals surface area contributed by atoms with Crippen LogP contribution in [-0.2, 0) is 6.54 Å². The third-order valence-electron chi connectivity index (χ3n) is 3.63. The molecule has 0 aliphatic rings. The van der Waals surface area contributed by atoms with E-state index in [1.165, 1.54) is 11.3 Å². The zero-order chi connectivity index (χ0) is 18.0. The fraction of sp³-hybridized carbons (Fsp3) is 0.375. The highest BCUT2D eigenvalue weighted by Crippen LogP contribution is 2.27. The van der Waals surface area contributed by atoms with Gasteiger partial charge in [0, 0.05) is 12.5 Å². The minimum Gasteiger partial charge on any atom is -0.493 e. The molecule has 0 saturated heterocycles. The normalized spacial score (nSPS) is 11.1. The van der Waals surface area contributed by atoms with Crippen LogP contribution in [0.3, 0.4) is 0 Å². The summed E-state index contributed by atoms with van der Waals surface area (Å²) in [5, 5.41) is 15.7. The lowest BCUT2D eigenvalue weighted by atomic mass is 10.2. The molecule has 3 aromatic rings. The summed E-state index contributed by atoms with van der Waals surface area (Å²) in [6.07, 6.45) is 0. The number of hydrogen-bond donors (Lipinski definition) is 1. The molecule has 2 aromatic heterocycles. The molecule has 0 unspecified atom stereocenters. The predicted molar refractivity (Wildman–Crippen MR) is 93.5 cm³/mol. The van der Waals surface area contributed by atoms with E-state index in [2.05, 4.69) is 20.6 Å². The van der Waals surface area contributed by atoms with Crippen molar-refractivity contribution in [2.45, 2.75) is 26.3 Å². The first-order valence-electron chi connectivity index (χ1n) is 7.74. The van der Waals surface area contributed by atoms with Crippen LogP contribution in [0.1, 0.15) is 41.0 Å². The topological polar surface area (TPSA) is 90.6 Å². The molecular formula is C16H19N5O3S. The van der Waals surface area contributed by atoms with Gasteiger partial charge < -0.3 is 14.8 Å². The Hall–Kier alpha value is -2.68. The number of aromatic nitrogens is 4. The van der Waals surface area contributed by atoms with Gasteiger partial charge in [-0.3, -0.25) is 4.79 Å². The van der Waals surface area contributed by atoms with Gasteiger partial charge in [0.15, 0.2) is 17.3 Å². The van der Waals surface area contributed by atoms with Gasteiger partial charge >= 0.3 is 0 Å². The lowest BCUT2D eigenvalue weighted by molar-refractivity contribution is 0.0949. The minimum absolute atomic E-state index is 0.180. The van der Waals surface area contributed by atoms with Crippen LogP contribution in [0, 0.1) is 0 Å². The number of rotatable bonds is 6. The SMILES string of the molecule is COc1ccc(CNC(=O)c2nn3c(C(C)C)nnc3s2)cc1OC. The third kappa shape index (κ3) is 3.41. The molecule has 1 N–H and O–H groups in total. The highest BCUT2D eigenvalue weighted by Gasteiger charge is 2.18. The third-order valence-corrected chi connectivity index (χ3v) is 4.52. The molecule has 0 aliphatic heterocycles. The maximum absolute atomic E-state index is 12.4. The maximum Gasteiger partial charge on any atom is 0.282 e. The van der Waals surface area contributed by atoms with E-state index in [0.29, 0.717) is 28.0 Å². The van der Waals surface area contributed by atoms with Gasteiger partial charge in [0.2, 0.25) is 9.97 Å². The van der Waals surface area contributed by atoms with Crippen molar-refractivity contribution in [3.05, 3.63) is 34.6 Å². The molecule has 0 aliphatic carbocycles. The summed E-state index contributed by atoms with van der Waals surface area (Å²) in [6, 6.07) is 5.50. The summed E-state index contributed by atoms with van der Waals surface area (Å²) < 4.78 is 12.1. The average molecular weight is 361 g/mol. The molecule has 132 valence electrons. The molecule has 0 spiro atoms. The molecule has 1 amide bonds. The van der Waals surface area contributed by atoms with Crippen LogP contribution >= 0.6 is 11.3 Å². The van der Waals surface area contributed by atoms with Crippen molar-refractivity contribution < 1.29 is 14.3 Å². The molecule has 8 nitrogen and oxygen atoms in total. The van der Waals surface area contributed by atoms with Crippen molar-refractivity contribution >= 4 is 22.2 Å². The molecule has 0 fully saturated rings. The fourth-order valence-electron chi connectivity index (χ4n) is 2.33. The summed E-state index contributed by atoms with van der Waals surface area (Å²) in [5.74, 6) is 1.94. The molecule has 0 radical (unpaired) electrons. The summed E-state index contributed by atoms with van der Waals surface area (Å²) >= 11 is 1.21. The van der Waals surface area contributed by atoms with E-state index in [-0.39, 0.29) is 11.8 Å². The highest BCUT2D eigenvalue weighted by atomic mass is 32.1. The second-order valence-electron chi connectivity index (χ2n) is 5.69. The van der Waals surface area contributed by atoms with E-state index in [9.17, 15) is 4.79 Å². The van der Waals surface area contributed by atoms with Gasteiger partial charge in [0.05, 0.1) is 14.2 Å². The maximum atomic E-state index is 12.4. The number of carbonyl (C=O) groups is 1. The van der Waals surface area contributed by atoms with E-state index in [1.54, 1.807) is 24.8 Å². The number of fused-ring (bicyclic) bond motifs is 1. The quantitative estimate of drug-likeness (QED) is 0.724. The van der Waals surface area contributed by atoms with Gasteiger partial charge in [-0.05, 0) is 17.7 Å². The number of methoxy groups -OCH3 is 2. The van der Waals surface area contributed by atoms with Crippen molar-refractivity contribution in [2.24, 2.45) is 0 Å². The molecule has 9 heteroatoms. The fourth-order valence-corrected chi connectivity index (χ4v) is 3.10. The van der Waals surface area contributed by atoms with Crippen LogP contribution in [0.15, 0.2) is 18.2 Å². The zero-order valence-electron chi connectivity index (χ0n) is 14.4. The highest BCUT2D eigenvalue weighted by molar-refractivity contribution is 7.18. The van der Waals surface area contributed by atoms with E-state index in [0.717, 1.165) is 11.4 Å². The van der Waals surface area contributed by atoms with E-state index in [1.807, 2.05) is 26.0 Å². The van der Waals surface area contributed by atoms with Crippen LogP contribution in [0.25, 0.3) is 4.96 Å². The predicted octanol–water partition coefficient (Wildman–Crippen LogP) is 2.26. The first-order chi connectivity index (χ1) is 12.0. The van der Waals surface area contributed by atoms with E-state index < -0.39 is 0 Å². The number of amides is 1. The molecule has 0 bridgehead atoms. The monoisotopic (exact) mass is 361 g/mol. The number of hydrogen-bond acceptors (Lipinski definition) is 7. The Morgan fingerprint density at radius 3 is 2.68 bits per heavy atom. The van der Waals surface area contributed by atoms with Gasteiger partial charge in [0.25, 0.3) is 5.91 Å². The summed E-state index contributed by atoms with van der Waals surface area (Å²) in [7, 11) is 3.16. The summed E-state index contributed by atoms with van der Waals surface area (Å²) in [5.41, 5.74) is 0.900. The molecule has 3 rings (SSSR count). The minimum atomic E-state index is -0.250. The molecule has 2 heterocycles. The average Bonchev–Trinajstić information content (AvgIpc) is 3.19. The lowest BCUT2D eigenvalue weighted by Crippen LogP contribution is -2.23. The Labute approximate surface area is 148 Å². The van der Waals surface area contributed by atoms with Crippen LogP contribution in [0.4, 0.5) is 0 Å². The first-order valence-corrected chi connectivity index (χ1v) is 8.56. The van der Waals surface area contributed by atoms with E-state index in [4.69, 9.17) is 9.47 Å². The van der Waals surface area contributed by atoms with Gasteiger partial charge in [-0.25, -0.2) is 0 Å². The molecule has 0 saturated carbocycles. The van der Waals surface area contributed by atoms with E-state index >= 15 is 0 Å². The van der Waals surface area contributed by atoms with Crippen molar-refractivity contribution in [1.29, 1.82) is 0 Å². The second-order valence-corrected chi connectivity index (χ2v) is 6.64. The van der Waals surface area contributed by atoms with Gasteiger partial charge in [-0.15, -0.1) is 15.3 Å². The largest absolute Gasteiger partial charge is 0.493 e. The first kappa shape index (κ1) is 17.2.